The molecule has 0 aliphatic rings. The Kier molecular flexibility index (Phi) is 5.76. The quantitative estimate of drug-likeness (QED) is 0.754. The van der Waals surface area contributed by atoms with E-state index in [-0.39, 0.29) is 24.7 Å². The largest absolute Gasteiger partial charge is 0.466 e. The maximum atomic E-state index is 11.4. The van der Waals surface area contributed by atoms with Gasteiger partial charge in [0.05, 0.1) is 37.2 Å². The first-order valence-electron chi connectivity index (χ1n) is 5.81. The van der Waals surface area contributed by atoms with Gasteiger partial charge in [0.15, 0.2) is 0 Å². The lowest BCUT2D eigenvalue weighted by molar-refractivity contribution is -0.144. The van der Waals surface area contributed by atoms with Crippen molar-refractivity contribution in [1.82, 2.24) is 15.3 Å². The highest BCUT2D eigenvalue weighted by atomic mass is 16.5. The summed E-state index contributed by atoms with van der Waals surface area (Å²) < 4.78 is 4.73. The second-order valence-electron chi connectivity index (χ2n) is 3.73. The normalized spacial score (nSPS) is 9.89. The van der Waals surface area contributed by atoms with Crippen molar-refractivity contribution < 1.29 is 14.3 Å². The average Bonchev–Trinajstić information content (AvgIpc) is 2.36. The zero-order valence-corrected chi connectivity index (χ0v) is 10.6. The Bertz CT molecular complexity index is 404. The van der Waals surface area contributed by atoms with Crippen molar-refractivity contribution >= 4 is 11.9 Å². The molecule has 0 radical (unpaired) electrons. The summed E-state index contributed by atoms with van der Waals surface area (Å²) in [4.78, 5) is 30.6. The predicted octanol–water partition coefficient (Wildman–Crippen LogP) is 0.745. The van der Waals surface area contributed by atoms with E-state index in [1.807, 2.05) is 6.92 Å². The van der Waals surface area contributed by atoms with E-state index >= 15 is 0 Å². The molecule has 0 saturated carbocycles. The summed E-state index contributed by atoms with van der Waals surface area (Å²) in [5.41, 5.74) is 1.51. The number of aromatic nitrogens is 2. The van der Waals surface area contributed by atoms with E-state index in [9.17, 15) is 9.59 Å². The lowest BCUT2D eigenvalue weighted by Crippen LogP contribution is -2.24. The minimum Gasteiger partial charge on any atom is -0.466 e. The Labute approximate surface area is 106 Å². The van der Waals surface area contributed by atoms with Crippen LogP contribution >= 0.6 is 0 Å². The van der Waals surface area contributed by atoms with Crippen LogP contribution in [0.5, 0.6) is 0 Å². The number of carbonyl (C=O) groups is 2. The standard InChI is InChI=1S/C12H17N3O3/c1-3-18-12(17)5-4-11(16)15-8-10-7-13-9(2)6-14-10/h6-7H,3-5,8H2,1-2H3,(H,15,16). The highest BCUT2D eigenvalue weighted by Crippen LogP contribution is 1.96. The first-order chi connectivity index (χ1) is 8.61. The molecule has 1 aromatic rings. The van der Waals surface area contributed by atoms with Crippen LogP contribution in [0.2, 0.25) is 0 Å². The van der Waals surface area contributed by atoms with Crippen LogP contribution in [-0.2, 0) is 20.9 Å². The molecular weight excluding hydrogens is 234 g/mol. The molecule has 0 atom stereocenters. The van der Waals surface area contributed by atoms with Gasteiger partial charge in [0.25, 0.3) is 0 Å². The number of nitrogens with one attached hydrogen (secondary N) is 1. The van der Waals surface area contributed by atoms with E-state index < -0.39 is 0 Å². The fraction of sp³-hybridized carbons (Fsp3) is 0.500. The van der Waals surface area contributed by atoms with Gasteiger partial charge in [-0.25, -0.2) is 0 Å². The molecule has 1 amide bonds. The van der Waals surface area contributed by atoms with Gasteiger partial charge < -0.3 is 10.1 Å². The van der Waals surface area contributed by atoms with Crippen molar-refractivity contribution in [1.29, 1.82) is 0 Å². The summed E-state index contributed by atoms with van der Waals surface area (Å²) in [6.07, 6.45) is 3.47. The second kappa shape index (κ2) is 7.37. The lowest BCUT2D eigenvalue weighted by Gasteiger charge is -2.04. The van der Waals surface area contributed by atoms with E-state index in [4.69, 9.17) is 4.74 Å². The number of rotatable bonds is 6. The van der Waals surface area contributed by atoms with Crippen molar-refractivity contribution in [2.75, 3.05) is 6.61 Å². The molecule has 1 N–H and O–H groups in total. The van der Waals surface area contributed by atoms with Gasteiger partial charge in [-0.05, 0) is 13.8 Å². The smallest absolute Gasteiger partial charge is 0.306 e. The molecule has 1 aromatic heterocycles. The van der Waals surface area contributed by atoms with Crippen LogP contribution in [0.1, 0.15) is 31.2 Å². The van der Waals surface area contributed by atoms with Gasteiger partial charge in [-0.15, -0.1) is 0 Å². The van der Waals surface area contributed by atoms with Crippen LogP contribution in [-0.4, -0.2) is 28.5 Å². The number of hydrogen-bond acceptors (Lipinski definition) is 5. The van der Waals surface area contributed by atoms with Gasteiger partial charge in [-0.1, -0.05) is 0 Å². The summed E-state index contributed by atoms with van der Waals surface area (Å²) in [6, 6.07) is 0. The number of hydrogen-bond donors (Lipinski definition) is 1. The molecule has 0 aromatic carbocycles. The van der Waals surface area contributed by atoms with Crippen LogP contribution in [0.3, 0.4) is 0 Å². The monoisotopic (exact) mass is 251 g/mol. The molecule has 0 saturated heterocycles. The zero-order chi connectivity index (χ0) is 13.4. The summed E-state index contributed by atoms with van der Waals surface area (Å²) in [5.74, 6) is -0.562. The summed E-state index contributed by atoms with van der Waals surface area (Å²) in [6.45, 7) is 4.22. The minimum absolute atomic E-state index is 0.0965. The number of nitrogens with zero attached hydrogens (tertiary/aromatic N) is 2. The van der Waals surface area contributed by atoms with E-state index in [2.05, 4.69) is 15.3 Å². The van der Waals surface area contributed by atoms with Crippen LogP contribution in [0.4, 0.5) is 0 Å². The number of carbonyl (C=O) groups excluding carboxylic acids is 2. The maximum absolute atomic E-state index is 11.4. The van der Waals surface area contributed by atoms with E-state index in [0.717, 1.165) is 5.69 Å². The molecule has 0 fully saturated rings. The highest BCUT2D eigenvalue weighted by Gasteiger charge is 2.07. The molecule has 0 aliphatic carbocycles. The molecule has 6 nitrogen and oxygen atoms in total. The van der Waals surface area contributed by atoms with E-state index in [0.29, 0.717) is 18.8 Å². The molecular formula is C12H17N3O3. The van der Waals surface area contributed by atoms with Crippen molar-refractivity contribution in [2.24, 2.45) is 0 Å². The molecule has 98 valence electrons. The number of esters is 1. The lowest BCUT2D eigenvalue weighted by atomic mass is 10.3. The molecule has 1 rings (SSSR count). The Balaban J connectivity index is 2.24. The number of amides is 1. The Morgan fingerprint density at radius 3 is 2.67 bits per heavy atom. The average molecular weight is 251 g/mol. The van der Waals surface area contributed by atoms with Crippen molar-refractivity contribution in [3.8, 4) is 0 Å². The third-order valence-corrected chi connectivity index (χ3v) is 2.16. The minimum atomic E-state index is -0.359. The van der Waals surface area contributed by atoms with Gasteiger partial charge in [0, 0.05) is 12.6 Å². The van der Waals surface area contributed by atoms with Gasteiger partial charge in [-0.3, -0.25) is 19.6 Å². The molecule has 1 heterocycles. The third kappa shape index (κ3) is 5.38. The number of aryl methyl sites for hydroxylation is 1. The SMILES string of the molecule is CCOC(=O)CCC(=O)NCc1cnc(C)cn1. The van der Waals surface area contributed by atoms with Gasteiger partial charge in [-0.2, -0.15) is 0 Å². The highest BCUT2D eigenvalue weighted by molar-refractivity contribution is 5.81. The molecule has 0 bridgehead atoms. The van der Waals surface area contributed by atoms with E-state index in [1.165, 1.54) is 0 Å². The molecule has 18 heavy (non-hydrogen) atoms. The fourth-order valence-corrected chi connectivity index (χ4v) is 1.24. The Morgan fingerprint density at radius 2 is 2.06 bits per heavy atom. The summed E-state index contributed by atoms with van der Waals surface area (Å²) in [5, 5.41) is 2.67. The zero-order valence-electron chi connectivity index (χ0n) is 10.6. The third-order valence-electron chi connectivity index (χ3n) is 2.16. The topological polar surface area (TPSA) is 81.2 Å². The van der Waals surface area contributed by atoms with Gasteiger partial charge in [0.1, 0.15) is 0 Å². The summed E-state index contributed by atoms with van der Waals surface area (Å²) in [7, 11) is 0. The van der Waals surface area contributed by atoms with Crippen LogP contribution in [0.15, 0.2) is 12.4 Å². The first kappa shape index (κ1) is 14.1. The van der Waals surface area contributed by atoms with Crippen molar-refractivity contribution in [2.45, 2.75) is 33.2 Å². The molecule has 0 aliphatic heterocycles. The number of ether oxygens (including phenoxy) is 1. The fourth-order valence-electron chi connectivity index (χ4n) is 1.24. The van der Waals surface area contributed by atoms with Gasteiger partial charge >= 0.3 is 5.97 Å². The first-order valence-corrected chi connectivity index (χ1v) is 5.81. The van der Waals surface area contributed by atoms with Crippen molar-refractivity contribution in [3.63, 3.8) is 0 Å². The Morgan fingerprint density at radius 1 is 1.28 bits per heavy atom. The van der Waals surface area contributed by atoms with Crippen LogP contribution in [0.25, 0.3) is 0 Å². The molecule has 6 heteroatoms. The molecule has 0 unspecified atom stereocenters. The maximum Gasteiger partial charge on any atom is 0.306 e. The van der Waals surface area contributed by atoms with Crippen molar-refractivity contribution in [3.05, 3.63) is 23.8 Å². The van der Waals surface area contributed by atoms with Gasteiger partial charge in [0.2, 0.25) is 5.91 Å². The van der Waals surface area contributed by atoms with Crippen LogP contribution < -0.4 is 5.32 Å². The van der Waals surface area contributed by atoms with Crippen LogP contribution in [0, 0.1) is 6.92 Å². The summed E-state index contributed by atoms with van der Waals surface area (Å²) >= 11 is 0. The predicted molar refractivity (Wildman–Crippen MR) is 64.5 cm³/mol. The second-order valence-corrected chi connectivity index (χ2v) is 3.73. The van der Waals surface area contributed by atoms with E-state index in [1.54, 1.807) is 19.3 Å². The Hall–Kier alpha value is -1.98. The molecule has 0 spiro atoms.